The molecule has 0 aromatic carbocycles. The molecule has 0 amide bonds. The highest BCUT2D eigenvalue weighted by molar-refractivity contribution is 7.80. The Kier molecular flexibility index (Phi) is 4.11. The Bertz CT molecular complexity index is 440. The number of nitrogens with two attached hydrogens (primary N) is 1. The van der Waals surface area contributed by atoms with Crippen molar-refractivity contribution in [3.05, 3.63) is 23.4 Å². The molecule has 3 N–H and O–H groups in total. The molecule has 1 fully saturated rings. The van der Waals surface area contributed by atoms with Crippen molar-refractivity contribution >= 4 is 23.0 Å². The number of hydrogen-bond acceptors (Lipinski definition) is 5. The molecule has 1 aliphatic heterocycles. The molecule has 1 aliphatic rings. The monoisotopic (exact) mass is 265 g/mol. The lowest BCUT2D eigenvalue weighted by Crippen LogP contribution is -2.47. The van der Waals surface area contributed by atoms with Gasteiger partial charge in [-0.25, -0.2) is 9.99 Å². The van der Waals surface area contributed by atoms with Crippen molar-refractivity contribution < 1.29 is 0 Å². The second kappa shape index (κ2) is 5.60. The van der Waals surface area contributed by atoms with Gasteiger partial charge < -0.3 is 16.1 Å². The number of aryl methyl sites for hydroxylation is 1. The molecule has 6 heteroatoms. The van der Waals surface area contributed by atoms with Crippen LogP contribution in [-0.4, -0.2) is 53.1 Å². The fraction of sp³-hybridized carbons (Fsp3) is 0.500. The Morgan fingerprint density at radius 2 is 2.00 bits per heavy atom. The van der Waals surface area contributed by atoms with Gasteiger partial charge in [-0.3, -0.25) is 0 Å². The number of aromatic nitrogens is 1. The minimum absolute atomic E-state index is 0.405. The minimum atomic E-state index is 0.405. The summed E-state index contributed by atoms with van der Waals surface area (Å²) in [7, 11) is 2.13. The maximum absolute atomic E-state index is 5.66. The Balaban J connectivity index is 2.07. The largest absolute Gasteiger partial charge is 0.389 e. The Morgan fingerprint density at radius 3 is 2.61 bits per heavy atom. The molecule has 0 atom stereocenters. The first-order valence-corrected chi connectivity index (χ1v) is 6.44. The van der Waals surface area contributed by atoms with Gasteiger partial charge in [0.05, 0.1) is 0 Å². The van der Waals surface area contributed by atoms with Crippen LogP contribution < -0.4 is 11.2 Å². The highest BCUT2D eigenvalue weighted by Gasteiger charge is 2.14. The third-order valence-electron chi connectivity index (χ3n) is 3.01. The van der Waals surface area contributed by atoms with E-state index in [1.54, 1.807) is 0 Å². The van der Waals surface area contributed by atoms with E-state index < -0.39 is 0 Å². The smallest absolute Gasteiger partial charge is 0.141 e. The number of nitrogens with zero attached hydrogens (tertiary/aromatic N) is 3. The van der Waals surface area contributed by atoms with Gasteiger partial charge in [0.1, 0.15) is 10.8 Å². The van der Waals surface area contributed by atoms with Gasteiger partial charge >= 0.3 is 0 Å². The van der Waals surface area contributed by atoms with E-state index in [0.29, 0.717) is 4.99 Å². The lowest BCUT2D eigenvalue weighted by Gasteiger charge is -2.32. The Morgan fingerprint density at radius 1 is 1.33 bits per heavy atom. The predicted octanol–water partition coefficient (Wildman–Crippen LogP) is 0.599. The molecule has 2 heterocycles. The van der Waals surface area contributed by atoms with E-state index in [-0.39, 0.29) is 0 Å². The van der Waals surface area contributed by atoms with E-state index in [2.05, 4.69) is 27.4 Å². The molecule has 0 radical (unpaired) electrons. The molecular formula is C12H19N5S. The molecule has 1 aromatic heterocycles. The molecule has 18 heavy (non-hydrogen) atoms. The lowest BCUT2D eigenvalue weighted by molar-refractivity contribution is 0.178. The topological polar surface area (TPSA) is 57.4 Å². The van der Waals surface area contributed by atoms with Gasteiger partial charge in [0.15, 0.2) is 0 Å². The maximum Gasteiger partial charge on any atom is 0.141 e. The molecule has 0 spiro atoms. The maximum atomic E-state index is 5.66. The number of thiocarbonyl (C=S) groups is 1. The van der Waals surface area contributed by atoms with Crippen LogP contribution in [0.2, 0.25) is 0 Å². The molecular weight excluding hydrogens is 246 g/mol. The number of hydrazine groups is 1. The first-order valence-electron chi connectivity index (χ1n) is 6.03. The highest BCUT2D eigenvalue weighted by atomic mass is 32.1. The number of pyridine rings is 1. The second-order valence-corrected chi connectivity index (χ2v) is 5.09. The summed E-state index contributed by atoms with van der Waals surface area (Å²) in [4.78, 5) is 7.16. The molecule has 0 aliphatic carbocycles. The van der Waals surface area contributed by atoms with E-state index in [4.69, 9.17) is 18.0 Å². The zero-order valence-electron chi connectivity index (χ0n) is 10.8. The lowest BCUT2D eigenvalue weighted by atomic mass is 10.2. The van der Waals surface area contributed by atoms with Crippen LogP contribution in [0.3, 0.4) is 0 Å². The van der Waals surface area contributed by atoms with Crippen molar-refractivity contribution in [3.63, 3.8) is 0 Å². The highest BCUT2D eigenvalue weighted by Crippen LogP contribution is 2.12. The summed E-state index contributed by atoms with van der Waals surface area (Å²) in [6.07, 6.45) is 0. The van der Waals surface area contributed by atoms with Gasteiger partial charge in [-0.2, -0.15) is 0 Å². The van der Waals surface area contributed by atoms with Crippen molar-refractivity contribution in [1.82, 2.24) is 14.9 Å². The summed E-state index contributed by atoms with van der Waals surface area (Å²) in [5, 5.41) is 2.17. The molecule has 98 valence electrons. The Hall–Kier alpha value is -1.24. The van der Waals surface area contributed by atoms with Gasteiger partial charge in [-0.15, -0.1) is 0 Å². The van der Waals surface area contributed by atoms with E-state index >= 15 is 0 Å². The van der Waals surface area contributed by atoms with E-state index in [1.807, 2.05) is 19.1 Å². The quantitative estimate of drug-likeness (QED) is 0.781. The van der Waals surface area contributed by atoms with E-state index in [9.17, 15) is 0 Å². The van der Waals surface area contributed by atoms with Crippen LogP contribution in [-0.2, 0) is 0 Å². The summed E-state index contributed by atoms with van der Waals surface area (Å²) in [5.41, 5.74) is 10.7. The van der Waals surface area contributed by atoms with Crippen LogP contribution in [0.25, 0.3) is 0 Å². The van der Waals surface area contributed by atoms with Crippen LogP contribution >= 0.6 is 12.2 Å². The third kappa shape index (κ3) is 3.38. The van der Waals surface area contributed by atoms with E-state index in [0.717, 1.165) is 43.3 Å². The minimum Gasteiger partial charge on any atom is -0.389 e. The molecule has 0 bridgehead atoms. The van der Waals surface area contributed by atoms with Crippen LogP contribution in [0, 0.1) is 6.92 Å². The molecule has 1 saturated heterocycles. The van der Waals surface area contributed by atoms with Crippen molar-refractivity contribution in [1.29, 1.82) is 0 Å². The van der Waals surface area contributed by atoms with Crippen LogP contribution in [0.15, 0.2) is 12.1 Å². The number of nitrogens with one attached hydrogen (secondary N) is 1. The van der Waals surface area contributed by atoms with Crippen LogP contribution in [0.4, 0.5) is 5.82 Å². The first kappa shape index (κ1) is 13.2. The average Bonchev–Trinajstić information content (AvgIpc) is 2.31. The summed E-state index contributed by atoms with van der Waals surface area (Å²) >= 11 is 5.00. The number of likely N-dealkylation sites (N-methyl/N-ethyl adjacent to an activating group) is 1. The summed E-state index contributed by atoms with van der Waals surface area (Å²) in [6, 6.07) is 3.80. The average molecular weight is 265 g/mol. The van der Waals surface area contributed by atoms with Gasteiger partial charge in [-0.05, 0) is 26.1 Å². The fourth-order valence-corrected chi connectivity index (χ4v) is 2.07. The van der Waals surface area contributed by atoms with Gasteiger partial charge in [0, 0.05) is 37.4 Å². The van der Waals surface area contributed by atoms with Crippen LogP contribution in [0.1, 0.15) is 11.3 Å². The summed E-state index contributed by atoms with van der Waals surface area (Å²) in [5.74, 6) is 0.808. The third-order valence-corrected chi connectivity index (χ3v) is 3.25. The zero-order valence-corrected chi connectivity index (χ0v) is 11.6. The van der Waals surface area contributed by atoms with E-state index in [1.165, 1.54) is 0 Å². The number of rotatable bonds is 3. The van der Waals surface area contributed by atoms with Gasteiger partial charge in [0.25, 0.3) is 0 Å². The Labute approximate surface area is 113 Å². The standard InChI is InChI=1S/C12H19N5S/c1-9-7-10(12(13)18)8-11(14-9)15-17-5-3-16(2)4-6-17/h7-8H,3-6H2,1-2H3,(H2,13,18)(H,14,15). The van der Waals surface area contributed by atoms with Gasteiger partial charge in [-0.1, -0.05) is 12.2 Å². The molecule has 1 aromatic rings. The molecule has 5 nitrogen and oxygen atoms in total. The SMILES string of the molecule is Cc1cc(C(N)=S)cc(NN2CCN(C)CC2)n1. The number of piperazine rings is 1. The number of hydrogen-bond donors (Lipinski definition) is 2. The molecule has 2 rings (SSSR count). The summed E-state index contributed by atoms with van der Waals surface area (Å²) in [6.45, 7) is 6.02. The zero-order chi connectivity index (χ0) is 13.1. The fourth-order valence-electron chi connectivity index (χ4n) is 1.95. The molecule has 0 unspecified atom stereocenters. The first-order chi connectivity index (χ1) is 8.54. The van der Waals surface area contributed by atoms with Gasteiger partial charge in [0.2, 0.25) is 0 Å². The van der Waals surface area contributed by atoms with Crippen molar-refractivity contribution in [2.75, 3.05) is 38.7 Å². The second-order valence-electron chi connectivity index (χ2n) is 4.65. The molecule has 0 saturated carbocycles. The predicted molar refractivity (Wildman–Crippen MR) is 77.6 cm³/mol. The van der Waals surface area contributed by atoms with Crippen molar-refractivity contribution in [2.45, 2.75) is 6.92 Å². The number of anilines is 1. The van der Waals surface area contributed by atoms with Crippen LogP contribution in [0.5, 0.6) is 0 Å². The summed E-state index contributed by atoms with van der Waals surface area (Å²) < 4.78 is 0. The normalized spacial score (nSPS) is 17.7. The van der Waals surface area contributed by atoms with Crippen molar-refractivity contribution in [2.24, 2.45) is 5.73 Å². The van der Waals surface area contributed by atoms with Crippen molar-refractivity contribution in [3.8, 4) is 0 Å².